The van der Waals surface area contributed by atoms with E-state index in [1.54, 1.807) is 0 Å². The van der Waals surface area contributed by atoms with Crippen LogP contribution in [0, 0.1) is 5.92 Å². The fraction of sp³-hybridized carbons (Fsp3) is 0.636. The van der Waals surface area contributed by atoms with Gasteiger partial charge in [-0.05, 0) is 69.7 Å². The minimum absolute atomic E-state index is 0. The molecule has 1 fully saturated rings. The highest BCUT2D eigenvalue weighted by atomic mass is 127. The van der Waals surface area contributed by atoms with Crippen molar-refractivity contribution < 1.29 is 14.3 Å². The van der Waals surface area contributed by atoms with Gasteiger partial charge in [0, 0.05) is 32.0 Å². The molecule has 1 aromatic rings. The number of hydrogen-bond donors (Lipinski definition) is 3. The summed E-state index contributed by atoms with van der Waals surface area (Å²) >= 11 is 0. The van der Waals surface area contributed by atoms with Gasteiger partial charge in [-0.15, -0.1) is 24.0 Å². The van der Waals surface area contributed by atoms with Crippen molar-refractivity contribution in [2.75, 3.05) is 38.2 Å². The normalized spacial score (nSPS) is 13.5. The highest BCUT2D eigenvalue weighted by Crippen LogP contribution is 2.28. The summed E-state index contributed by atoms with van der Waals surface area (Å²) in [6.07, 6.45) is 4.54. The molecule has 3 N–H and O–H groups in total. The van der Waals surface area contributed by atoms with Crippen LogP contribution in [0.25, 0.3) is 0 Å². The molecule has 0 saturated heterocycles. The average Bonchev–Trinajstić information content (AvgIpc) is 3.52. The molecule has 7 nitrogen and oxygen atoms in total. The summed E-state index contributed by atoms with van der Waals surface area (Å²) in [4.78, 5) is 16.3. The van der Waals surface area contributed by atoms with E-state index in [4.69, 9.17) is 9.47 Å². The maximum atomic E-state index is 11.9. The Hall–Kier alpha value is -1.55. The highest BCUT2D eigenvalue weighted by molar-refractivity contribution is 14.0. The van der Waals surface area contributed by atoms with Crippen LogP contribution in [0.5, 0.6) is 5.75 Å². The van der Waals surface area contributed by atoms with E-state index >= 15 is 0 Å². The molecule has 0 radical (unpaired) electrons. The van der Waals surface area contributed by atoms with Crippen LogP contribution in [0.3, 0.4) is 0 Å². The van der Waals surface area contributed by atoms with Gasteiger partial charge in [0.1, 0.15) is 12.3 Å². The summed E-state index contributed by atoms with van der Waals surface area (Å²) in [5.74, 6) is 2.10. The molecule has 0 aliphatic heterocycles. The van der Waals surface area contributed by atoms with E-state index in [9.17, 15) is 4.79 Å². The molecule has 0 heterocycles. The second kappa shape index (κ2) is 15.3. The van der Waals surface area contributed by atoms with Gasteiger partial charge in [-0.25, -0.2) is 4.99 Å². The van der Waals surface area contributed by atoms with E-state index in [-0.39, 0.29) is 42.5 Å². The summed E-state index contributed by atoms with van der Waals surface area (Å²) in [6, 6.07) is 7.70. The second-order valence-electron chi connectivity index (χ2n) is 7.63. The van der Waals surface area contributed by atoms with E-state index in [0.717, 1.165) is 50.0 Å². The van der Waals surface area contributed by atoms with Crippen molar-refractivity contribution in [2.45, 2.75) is 52.6 Å². The molecular formula is C22H37IN4O3. The topological polar surface area (TPSA) is 84.0 Å². The number of anilines is 1. The van der Waals surface area contributed by atoms with Gasteiger partial charge in [0.05, 0.1) is 6.10 Å². The van der Waals surface area contributed by atoms with Crippen molar-refractivity contribution in [1.82, 2.24) is 10.6 Å². The van der Waals surface area contributed by atoms with Crippen LogP contribution >= 0.6 is 24.0 Å². The monoisotopic (exact) mass is 532 g/mol. The number of halogens is 1. The third-order valence-corrected chi connectivity index (χ3v) is 4.25. The van der Waals surface area contributed by atoms with Crippen molar-refractivity contribution >= 4 is 41.5 Å². The van der Waals surface area contributed by atoms with E-state index in [0.29, 0.717) is 12.5 Å². The number of carbonyl (C=O) groups is 1. The van der Waals surface area contributed by atoms with Crippen LogP contribution in [0.4, 0.5) is 5.69 Å². The number of aliphatic imine (C=N–C) groups is 1. The molecule has 8 heteroatoms. The third-order valence-electron chi connectivity index (χ3n) is 4.25. The van der Waals surface area contributed by atoms with Gasteiger partial charge in [0.25, 0.3) is 0 Å². The molecule has 1 amide bonds. The fourth-order valence-corrected chi connectivity index (χ4v) is 2.55. The Morgan fingerprint density at radius 3 is 2.53 bits per heavy atom. The smallest absolute Gasteiger partial charge is 0.241 e. The van der Waals surface area contributed by atoms with Crippen LogP contribution in [0.1, 0.15) is 46.5 Å². The largest absolute Gasteiger partial charge is 0.491 e. The maximum Gasteiger partial charge on any atom is 0.241 e. The molecule has 0 spiro atoms. The van der Waals surface area contributed by atoms with Crippen LogP contribution in [-0.4, -0.2) is 50.8 Å². The Labute approximate surface area is 197 Å². The van der Waals surface area contributed by atoms with E-state index in [1.807, 2.05) is 45.0 Å². The zero-order chi connectivity index (χ0) is 20.9. The molecule has 1 aliphatic carbocycles. The molecule has 1 saturated carbocycles. The van der Waals surface area contributed by atoms with Crippen LogP contribution in [-0.2, 0) is 9.53 Å². The molecular weight excluding hydrogens is 495 g/mol. The Bertz CT molecular complexity index is 634. The molecule has 0 bridgehead atoms. The third kappa shape index (κ3) is 12.2. The molecule has 0 unspecified atom stereocenters. The number of amides is 1. The Balaban J connectivity index is 0.00000450. The Morgan fingerprint density at radius 1 is 1.17 bits per heavy atom. The average molecular weight is 532 g/mol. The summed E-state index contributed by atoms with van der Waals surface area (Å²) < 4.78 is 11.3. The molecule has 170 valence electrons. The lowest BCUT2D eigenvalue weighted by atomic mass is 10.3. The predicted molar refractivity (Wildman–Crippen MR) is 133 cm³/mol. The Kier molecular flexibility index (Phi) is 13.5. The van der Waals surface area contributed by atoms with Crippen molar-refractivity contribution in [2.24, 2.45) is 10.9 Å². The van der Waals surface area contributed by atoms with Gasteiger partial charge in [-0.2, -0.15) is 0 Å². The molecule has 2 rings (SSSR count). The lowest BCUT2D eigenvalue weighted by Crippen LogP contribution is -2.34. The zero-order valence-electron chi connectivity index (χ0n) is 18.4. The van der Waals surface area contributed by atoms with Gasteiger partial charge < -0.3 is 25.4 Å². The first-order valence-corrected chi connectivity index (χ1v) is 10.7. The number of guanidine groups is 1. The summed E-state index contributed by atoms with van der Waals surface area (Å²) in [5, 5.41) is 9.37. The summed E-state index contributed by atoms with van der Waals surface area (Å²) in [7, 11) is 0. The van der Waals surface area contributed by atoms with Crippen molar-refractivity contribution in [3.05, 3.63) is 24.3 Å². The fourth-order valence-electron chi connectivity index (χ4n) is 2.55. The lowest BCUT2D eigenvalue weighted by molar-refractivity contribution is -0.119. The van der Waals surface area contributed by atoms with Gasteiger partial charge in [0.2, 0.25) is 5.91 Å². The number of rotatable bonds is 13. The van der Waals surface area contributed by atoms with Crippen molar-refractivity contribution in [3.63, 3.8) is 0 Å². The molecule has 30 heavy (non-hydrogen) atoms. The molecule has 1 aliphatic rings. The number of nitrogens with one attached hydrogen (secondary N) is 3. The van der Waals surface area contributed by atoms with E-state index in [1.165, 1.54) is 12.8 Å². The Morgan fingerprint density at radius 2 is 1.90 bits per heavy atom. The van der Waals surface area contributed by atoms with Crippen LogP contribution in [0.2, 0.25) is 0 Å². The second-order valence-corrected chi connectivity index (χ2v) is 7.63. The number of ether oxygens (including phenoxy) is 2. The quantitative estimate of drug-likeness (QED) is 0.156. The summed E-state index contributed by atoms with van der Waals surface area (Å²) in [6.45, 7) is 9.11. The first-order valence-electron chi connectivity index (χ1n) is 10.7. The molecule has 0 aromatic heterocycles. The van der Waals surface area contributed by atoms with Gasteiger partial charge in [-0.1, -0.05) is 6.92 Å². The van der Waals surface area contributed by atoms with Crippen molar-refractivity contribution in [1.29, 1.82) is 0 Å². The minimum Gasteiger partial charge on any atom is -0.491 e. The number of benzene rings is 1. The van der Waals surface area contributed by atoms with E-state index in [2.05, 4.69) is 20.9 Å². The summed E-state index contributed by atoms with van der Waals surface area (Å²) in [5.41, 5.74) is 0.881. The van der Waals surface area contributed by atoms with Crippen LogP contribution < -0.4 is 20.7 Å². The lowest BCUT2D eigenvalue weighted by Gasteiger charge is -2.14. The first-order chi connectivity index (χ1) is 14.1. The minimum atomic E-state index is -0.0820. The number of nitrogens with zero attached hydrogens (tertiary/aromatic N) is 1. The first kappa shape index (κ1) is 26.5. The van der Waals surface area contributed by atoms with E-state index < -0.39 is 0 Å². The SMILES string of the molecule is CCCNC(=O)CN=C(NCCCOCC1CC1)Nc1ccc(OC(C)C)cc1.I. The number of carbonyl (C=O) groups excluding carboxylic acids is 1. The standard InChI is InChI=1S/C22H36N4O3.HI/c1-4-12-23-21(27)15-25-22(24-13-5-14-28-16-18-6-7-18)26-19-8-10-20(11-9-19)29-17(2)3;/h8-11,17-18H,4-7,12-16H2,1-3H3,(H,23,27)(H2,24,25,26);1H. The van der Waals surface area contributed by atoms with Gasteiger partial charge >= 0.3 is 0 Å². The molecule has 1 aromatic carbocycles. The van der Waals surface area contributed by atoms with Crippen molar-refractivity contribution in [3.8, 4) is 5.75 Å². The maximum absolute atomic E-state index is 11.9. The predicted octanol–water partition coefficient (Wildman–Crippen LogP) is 3.79. The number of hydrogen-bond acceptors (Lipinski definition) is 4. The van der Waals surface area contributed by atoms with Gasteiger partial charge in [0.15, 0.2) is 5.96 Å². The molecule has 0 atom stereocenters. The van der Waals surface area contributed by atoms with Crippen LogP contribution in [0.15, 0.2) is 29.3 Å². The zero-order valence-corrected chi connectivity index (χ0v) is 20.7. The van der Waals surface area contributed by atoms with Gasteiger partial charge in [-0.3, -0.25) is 4.79 Å². The highest BCUT2D eigenvalue weighted by Gasteiger charge is 2.20.